The molecule has 0 aliphatic heterocycles. The van der Waals surface area contributed by atoms with Crippen molar-refractivity contribution in [2.24, 2.45) is 0 Å². The number of carbonyl (C=O) groups is 2. The minimum Gasteiger partial charge on any atom is -0.483 e. The van der Waals surface area contributed by atoms with E-state index in [2.05, 4.69) is 5.32 Å². The highest BCUT2D eigenvalue weighted by atomic mass is 16.5. The zero-order valence-corrected chi connectivity index (χ0v) is 11.2. The maximum Gasteiger partial charge on any atom is 0.339 e. The van der Waals surface area contributed by atoms with Gasteiger partial charge in [0.1, 0.15) is 11.3 Å². The highest BCUT2D eigenvalue weighted by molar-refractivity contribution is 5.91. The first-order chi connectivity index (χ1) is 9.04. The lowest BCUT2D eigenvalue weighted by atomic mass is 10.2. The van der Waals surface area contributed by atoms with Crippen LogP contribution in [0.2, 0.25) is 0 Å². The lowest BCUT2D eigenvalue weighted by Gasteiger charge is -2.13. The molecule has 0 saturated carbocycles. The van der Waals surface area contributed by atoms with Gasteiger partial charge in [-0.15, -0.1) is 0 Å². The third-order valence-electron chi connectivity index (χ3n) is 2.61. The molecule has 0 saturated heterocycles. The van der Waals surface area contributed by atoms with Crippen LogP contribution in [0.1, 0.15) is 37.0 Å². The van der Waals surface area contributed by atoms with Crippen LogP contribution < -0.4 is 10.1 Å². The van der Waals surface area contributed by atoms with Crippen LogP contribution in [0.3, 0.4) is 0 Å². The second-order valence-electron chi connectivity index (χ2n) is 4.35. The summed E-state index contributed by atoms with van der Waals surface area (Å²) in [6, 6.07) is 6.34. The number of hydrogen-bond donors (Lipinski definition) is 2. The van der Waals surface area contributed by atoms with Crippen molar-refractivity contribution in [2.75, 3.05) is 6.61 Å². The van der Waals surface area contributed by atoms with Gasteiger partial charge in [-0.25, -0.2) is 4.79 Å². The molecule has 0 aliphatic rings. The molecule has 0 fully saturated rings. The summed E-state index contributed by atoms with van der Waals surface area (Å²) in [7, 11) is 0. The summed E-state index contributed by atoms with van der Waals surface area (Å²) in [4.78, 5) is 22.5. The van der Waals surface area contributed by atoms with Crippen LogP contribution in [0, 0.1) is 0 Å². The number of para-hydroxylation sites is 1. The molecule has 2 N–H and O–H groups in total. The number of amides is 1. The number of hydrogen-bond acceptors (Lipinski definition) is 3. The van der Waals surface area contributed by atoms with E-state index < -0.39 is 5.97 Å². The van der Waals surface area contributed by atoms with E-state index in [0.717, 1.165) is 12.8 Å². The van der Waals surface area contributed by atoms with Crippen molar-refractivity contribution in [3.05, 3.63) is 29.8 Å². The monoisotopic (exact) mass is 265 g/mol. The summed E-state index contributed by atoms with van der Waals surface area (Å²) in [5, 5.41) is 11.8. The Bertz CT molecular complexity index is 445. The van der Waals surface area contributed by atoms with Crippen molar-refractivity contribution in [3.8, 4) is 5.75 Å². The van der Waals surface area contributed by atoms with Crippen molar-refractivity contribution in [1.29, 1.82) is 0 Å². The van der Waals surface area contributed by atoms with Gasteiger partial charge in [-0.05, 0) is 25.5 Å². The molecular formula is C14H19NO4. The Morgan fingerprint density at radius 1 is 1.37 bits per heavy atom. The van der Waals surface area contributed by atoms with Gasteiger partial charge in [0, 0.05) is 6.04 Å². The summed E-state index contributed by atoms with van der Waals surface area (Å²) < 4.78 is 5.25. The summed E-state index contributed by atoms with van der Waals surface area (Å²) in [6.07, 6.45) is 1.89. The third-order valence-corrected chi connectivity index (χ3v) is 2.61. The molecule has 1 atom stereocenters. The minimum atomic E-state index is -1.07. The van der Waals surface area contributed by atoms with Gasteiger partial charge in [0.15, 0.2) is 6.61 Å². The van der Waals surface area contributed by atoms with Crippen molar-refractivity contribution in [1.82, 2.24) is 5.32 Å². The average molecular weight is 265 g/mol. The first-order valence-electron chi connectivity index (χ1n) is 6.29. The van der Waals surface area contributed by atoms with Crippen LogP contribution in [0.5, 0.6) is 5.75 Å². The molecule has 19 heavy (non-hydrogen) atoms. The summed E-state index contributed by atoms with van der Waals surface area (Å²) in [6.45, 7) is 3.78. The van der Waals surface area contributed by atoms with Gasteiger partial charge >= 0.3 is 5.97 Å². The molecule has 1 amide bonds. The standard InChI is InChI=1S/C14H19NO4/c1-3-6-10(2)15-13(16)9-19-12-8-5-4-7-11(12)14(17)18/h4-5,7-8,10H,3,6,9H2,1-2H3,(H,15,16)(H,17,18). The largest absolute Gasteiger partial charge is 0.483 e. The van der Waals surface area contributed by atoms with E-state index in [-0.39, 0.29) is 29.9 Å². The zero-order valence-electron chi connectivity index (χ0n) is 11.2. The number of ether oxygens (including phenoxy) is 1. The number of aromatic carboxylic acids is 1. The van der Waals surface area contributed by atoms with Crippen LogP contribution >= 0.6 is 0 Å². The lowest BCUT2D eigenvalue weighted by molar-refractivity contribution is -0.123. The van der Waals surface area contributed by atoms with E-state index in [1.807, 2.05) is 13.8 Å². The van der Waals surface area contributed by atoms with E-state index in [9.17, 15) is 9.59 Å². The SMILES string of the molecule is CCCC(C)NC(=O)COc1ccccc1C(=O)O. The molecule has 1 rings (SSSR count). The molecule has 0 aliphatic carbocycles. The Morgan fingerprint density at radius 2 is 2.05 bits per heavy atom. The topological polar surface area (TPSA) is 75.6 Å². The summed E-state index contributed by atoms with van der Waals surface area (Å²) in [5.41, 5.74) is 0.0527. The zero-order chi connectivity index (χ0) is 14.3. The van der Waals surface area contributed by atoms with Crippen LogP contribution in [0.25, 0.3) is 0 Å². The fourth-order valence-corrected chi connectivity index (χ4v) is 1.73. The van der Waals surface area contributed by atoms with Gasteiger partial charge in [-0.3, -0.25) is 4.79 Å². The van der Waals surface area contributed by atoms with E-state index >= 15 is 0 Å². The molecule has 104 valence electrons. The summed E-state index contributed by atoms with van der Waals surface area (Å²) in [5.74, 6) is -1.12. The number of carboxylic acids is 1. The van der Waals surface area contributed by atoms with Crippen molar-refractivity contribution >= 4 is 11.9 Å². The number of benzene rings is 1. The van der Waals surface area contributed by atoms with E-state index in [0.29, 0.717) is 0 Å². The van der Waals surface area contributed by atoms with E-state index in [4.69, 9.17) is 9.84 Å². The Labute approximate surface area is 112 Å². The van der Waals surface area contributed by atoms with Gasteiger partial charge in [-0.1, -0.05) is 25.5 Å². The molecule has 5 nitrogen and oxygen atoms in total. The molecular weight excluding hydrogens is 246 g/mol. The van der Waals surface area contributed by atoms with Gasteiger partial charge in [-0.2, -0.15) is 0 Å². The lowest BCUT2D eigenvalue weighted by Crippen LogP contribution is -2.36. The maximum absolute atomic E-state index is 11.6. The number of carbonyl (C=O) groups excluding carboxylic acids is 1. The molecule has 5 heteroatoms. The summed E-state index contributed by atoms with van der Waals surface area (Å²) >= 11 is 0. The third kappa shape index (κ3) is 4.99. The molecule has 0 heterocycles. The molecule has 1 aromatic carbocycles. The Hall–Kier alpha value is -2.04. The molecule has 1 aromatic rings. The van der Waals surface area contributed by atoms with Gasteiger partial charge in [0.2, 0.25) is 0 Å². The highest BCUT2D eigenvalue weighted by Gasteiger charge is 2.12. The number of nitrogens with one attached hydrogen (secondary N) is 1. The molecule has 0 bridgehead atoms. The second kappa shape index (κ2) is 7.41. The first-order valence-corrected chi connectivity index (χ1v) is 6.29. The Morgan fingerprint density at radius 3 is 2.68 bits per heavy atom. The molecule has 0 spiro atoms. The van der Waals surface area contributed by atoms with E-state index in [1.54, 1.807) is 12.1 Å². The van der Waals surface area contributed by atoms with Crippen molar-refractivity contribution in [3.63, 3.8) is 0 Å². The van der Waals surface area contributed by atoms with Crippen molar-refractivity contribution in [2.45, 2.75) is 32.7 Å². The van der Waals surface area contributed by atoms with Crippen LogP contribution in [-0.2, 0) is 4.79 Å². The quantitative estimate of drug-likeness (QED) is 0.791. The fourth-order valence-electron chi connectivity index (χ4n) is 1.73. The normalized spacial score (nSPS) is 11.7. The van der Waals surface area contributed by atoms with Gasteiger partial charge in [0.25, 0.3) is 5.91 Å². The smallest absolute Gasteiger partial charge is 0.339 e. The highest BCUT2D eigenvalue weighted by Crippen LogP contribution is 2.17. The van der Waals surface area contributed by atoms with Crippen LogP contribution in [0.4, 0.5) is 0 Å². The first kappa shape index (κ1) is 15.0. The van der Waals surface area contributed by atoms with E-state index in [1.165, 1.54) is 12.1 Å². The second-order valence-corrected chi connectivity index (χ2v) is 4.35. The number of rotatable bonds is 7. The Balaban J connectivity index is 2.53. The van der Waals surface area contributed by atoms with Gasteiger partial charge < -0.3 is 15.2 Å². The molecule has 0 radical (unpaired) electrons. The Kier molecular flexibility index (Phi) is 5.85. The predicted molar refractivity (Wildman–Crippen MR) is 71.4 cm³/mol. The average Bonchev–Trinajstić information content (AvgIpc) is 2.36. The van der Waals surface area contributed by atoms with Crippen LogP contribution in [0.15, 0.2) is 24.3 Å². The predicted octanol–water partition coefficient (Wildman–Crippen LogP) is 2.07. The number of carboxylic acid groups (broad SMARTS) is 1. The minimum absolute atomic E-state index is 0.0527. The molecule has 0 aromatic heterocycles. The maximum atomic E-state index is 11.6. The fraction of sp³-hybridized carbons (Fsp3) is 0.429. The van der Waals surface area contributed by atoms with Crippen LogP contribution in [-0.4, -0.2) is 29.6 Å². The molecule has 1 unspecified atom stereocenters. The van der Waals surface area contributed by atoms with Gasteiger partial charge in [0.05, 0.1) is 0 Å². The van der Waals surface area contributed by atoms with Crippen molar-refractivity contribution < 1.29 is 19.4 Å².